The van der Waals surface area contributed by atoms with Crippen LogP contribution < -0.4 is 20.7 Å². The van der Waals surface area contributed by atoms with Gasteiger partial charge in [-0.2, -0.15) is 0 Å². The summed E-state index contributed by atoms with van der Waals surface area (Å²) in [4.78, 5) is 29.2. The number of aromatic hydroxyl groups is 1. The molecule has 3 aliphatic heterocycles. The van der Waals surface area contributed by atoms with Crippen molar-refractivity contribution < 1.29 is 23.8 Å². The number of halogens is 1. The lowest BCUT2D eigenvalue weighted by Crippen LogP contribution is -2.54. The van der Waals surface area contributed by atoms with Crippen LogP contribution in [0.4, 0.5) is 15.9 Å². The van der Waals surface area contributed by atoms with Crippen LogP contribution >= 0.6 is 0 Å². The minimum Gasteiger partial charge on any atom is -0.507 e. The molecular formula is C40H43FN6O4. The Morgan fingerprint density at radius 1 is 0.824 bits per heavy atom. The van der Waals surface area contributed by atoms with Gasteiger partial charge in [0, 0.05) is 29.2 Å². The Hall–Kier alpha value is -5.03. The number of piperidine rings is 2. The zero-order chi connectivity index (χ0) is 35.1. The van der Waals surface area contributed by atoms with Crippen LogP contribution in [-0.4, -0.2) is 70.3 Å². The number of nitrogens with two attached hydrogens (primary N) is 1. The molecule has 1 atom stereocenters. The smallest absolute Gasteiger partial charge is 0.249 e. The summed E-state index contributed by atoms with van der Waals surface area (Å²) in [5.74, 6) is 1.03. The Morgan fingerprint density at radius 3 is 2.41 bits per heavy atom. The molecule has 0 unspecified atom stereocenters. The number of aromatic nitrogens is 2. The molecule has 8 rings (SSSR count). The Morgan fingerprint density at radius 2 is 1.63 bits per heavy atom. The summed E-state index contributed by atoms with van der Waals surface area (Å²) in [6.45, 7) is 3.13. The third-order valence-electron chi connectivity index (χ3n) is 11.4. The van der Waals surface area contributed by atoms with Gasteiger partial charge in [0.1, 0.15) is 30.0 Å². The summed E-state index contributed by atoms with van der Waals surface area (Å²) >= 11 is 0. The molecule has 3 aromatic carbocycles. The van der Waals surface area contributed by atoms with Gasteiger partial charge in [-0.25, -0.2) is 4.39 Å². The Kier molecular flexibility index (Phi) is 9.06. The molecule has 0 radical (unpaired) electrons. The predicted octanol–water partition coefficient (Wildman–Crippen LogP) is 6.15. The minimum absolute atomic E-state index is 0.0726. The van der Waals surface area contributed by atoms with E-state index in [-0.39, 0.29) is 35.2 Å². The SMILES string of the molecule is Nc1nnc(-c2ccccc2O)cc1-c1cc(C2CCN(C3CCC(c4cccc5c4OCCN5[C@H]4CCC(=O)NC4=O)CC3)CC2)ccc1F. The van der Waals surface area contributed by atoms with E-state index in [1.165, 1.54) is 11.6 Å². The first-order chi connectivity index (χ1) is 24.8. The molecule has 1 aromatic heterocycles. The summed E-state index contributed by atoms with van der Waals surface area (Å²) in [5.41, 5.74) is 11.3. The van der Waals surface area contributed by atoms with E-state index in [1.807, 2.05) is 18.2 Å². The standard InChI is InChI=1S/C40H43FN6O4/c41-32-13-10-26(22-30(32)31-23-33(44-45-39(31)42)29-4-1-2-7-36(29)48)24-16-18-46(19-17-24)27-11-8-25(9-12-27)28-5-3-6-34-38(28)51-21-20-47(34)35-14-15-37(49)43-40(35)50/h1-7,10,13,22-25,27,35,48H,8-9,11-12,14-21H2,(H2,42,45)(H,43,49,50)/t25?,27?,35-/m0/s1. The van der Waals surface area contributed by atoms with E-state index in [2.05, 4.69) is 37.4 Å². The van der Waals surface area contributed by atoms with Crippen molar-refractivity contribution in [1.82, 2.24) is 20.4 Å². The maximum Gasteiger partial charge on any atom is 0.249 e. The lowest BCUT2D eigenvalue weighted by Gasteiger charge is -2.42. The number of phenolic OH excluding ortho intramolecular Hbond substituents is 1. The molecule has 2 saturated heterocycles. The molecular weight excluding hydrogens is 647 g/mol. The van der Waals surface area contributed by atoms with Crippen LogP contribution in [0.1, 0.15) is 74.3 Å². The van der Waals surface area contributed by atoms with Gasteiger partial charge in [-0.1, -0.05) is 30.3 Å². The van der Waals surface area contributed by atoms with Crippen molar-refractivity contribution in [3.63, 3.8) is 0 Å². The summed E-state index contributed by atoms with van der Waals surface area (Å²) in [6.07, 6.45) is 7.26. The zero-order valence-corrected chi connectivity index (χ0v) is 28.6. The van der Waals surface area contributed by atoms with Gasteiger partial charge in [0.25, 0.3) is 0 Å². The average molecular weight is 691 g/mol. The highest BCUT2D eigenvalue weighted by atomic mass is 19.1. The maximum absolute atomic E-state index is 15.3. The number of nitrogen functional groups attached to an aromatic ring is 1. The van der Waals surface area contributed by atoms with Gasteiger partial charge in [-0.15, -0.1) is 10.2 Å². The number of rotatable bonds is 6. The number of likely N-dealkylation sites (tertiary alicyclic amines) is 1. The fraction of sp³-hybridized carbons (Fsp3) is 0.400. The third kappa shape index (κ3) is 6.51. The van der Waals surface area contributed by atoms with Gasteiger partial charge in [0.2, 0.25) is 11.8 Å². The van der Waals surface area contributed by atoms with E-state index in [4.69, 9.17) is 10.5 Å². The quantitative estimate of drug-likeness (QED) is 0.204. The average Bonchev–Trinajstić information content (AvgIpc) is 3.15. The fourth-order valence-electron chi connectivity index (χ4n) is 8.71. The van der Waals surface area contributed by atoms with Gasteiger partial charge in [-0.05, 0) is 117 Å². The molecule has 4 N–H and O–H groups in total. The maximum atomic E-state index is 15.3. The van der Waals surface area contributed by atoms with E-state index in [1.54, 1.807) is 30.3 Å². The zero-order valence-electron chi connectivity index (χ0n) is 28.6. The number of carbonyl (C=O) groups excluding carboxylic acids is 2. The van der Waals surface area contributed by atoms with Crippen LogP contribution in [0.25, 0.3) is 22.4 Å². The summed E-state index contributed by atoms with van der Waals surface area (Å²) in [6, 6.07) is 20.4. The van der Waals surface area contributed by atoms with Crippen molar-refractivity contribution in [3.05, 3.63) is 83.7 Å². The number of para-hydroxylation sites is 2. The number of nitrogens with one attached hydrogen (secondary N) is 1. The summed E-state index contributed by atoms with van der Waals surface area (Å²) in [7, 11) is 0. The highest BCUT2D eigenvalue weighted by Crippen LogP contribution is 2.46. The third-order valence-corrected chi connectivity index (χ3v) is 11.4. The summed E-state index contributed by atoms with van der Waals surface area (Å²) < 4.78 is 21.6. The number of hydrogen-bond donors (Lipinski definition) is 3. The molecule has 51 heavy (non-hydrogen) atoms. The van der Waals surface area contributed by atoms with E-state index in [0.717, 1.165) is 68.6 Å². The molecule has 264 valence electrons. The number of benzene rings is 3. The second kappa shape index (κ2) is 13.9. The topological polar surface area (TPSA) is 134 Å². The second-order valence-corrected chi connectivity index (χ2v) is 14.3. The predicted molar refractivity (Wildman–Crippen MR) is 193 cm³/mol. The van der Waals surface area contributed by atoms with Crippen molar-refractivity contribution in [2.75, 3.05) is 36.9 Å². The van der Waals surface area contributed by atoms with Crippen molar-refractivity contribution in [1.29, 1.82) is 0 Å². The van der Waals surface area contributed by atoms with Gasteiger partial charge < -0.3 is 25.4 Å². The Bertz CT molecular complexity index is 1960. The number of anilines is 2. The van der Waals surface area contributed by atoms with E-state index in [9.17, 15) is 14.7 Å². The molecule has 2 amide bonds. The molecule has 4 aromatic rings. The molecule has 0 spiro atoms. The number of nitrogens with zero attached hydrogens (tertiary/aromatic N) is 4. The lowest BCUT2D eigenvalue weighted by atomic mass is 9.79. The minimum atomic E-state index is -0.371. The van der Waals surface area contributed by atoms with E-state index < -0.39 is 0 Å². The number of imide groups is 1. The van der Waals surface area contributed by atoms with Crippen molar-refractivity contribution in [3.8, 4) is 33.9 Å². The van der Waals surface area contributed by atoms with Gasteiger partial charge >= 0.3 is 0 Å². The lowest BCUT2D eigenvalue weighted by molar-refractivity contribution is -0.134. The van der Waals surface area contributed by atoms with Crippen molar-refractivity contribution >= 4 is 23.3 Å². The fourth-order valence-corrected chi connectivity index (χ4v) is 8.71. The highest BCUT2D eigenvalue weighted by Gasteiger charge is 2.37. The number of fused-ring (bicyclic) bond motifs is 1. The van der Waals surface area contributed by atoms with Crippen molar-refractivity contribution in [2.24, 2.45) is 0 Å². The first kappa shape index (κ1) is 33.1. The highest BCUT2D eigenvalue weighted by molar-refractivity contribution is 6.02. The number of hydrogen-bond acceptors (Lipinski definition) is 9. The molecule has 11 heteroatoms. The van der Waals surface area contributed by atoms with Crippen LogP contribution in [0, 0.1) is 5.82 Å². The van der Waals surface area contributed by atoms with Gasteiger partial charge in [-0.3, -0.25) is 14.9 Å². The summed E-state index contributed by atoms with van der Waals surface area (Å²) in [5, 5.41) is 21.1. The second-order valence-electron chi connectivity index (χ2n) is 14.3. The van der Waals surface area contributed by atoms with E-state index >= 15 is 4.39 Å². The number of ether oxygens (including phenoxy) is 1. The van der Waals surface area contributed by atoms with Gasteiger partial charge in [0.15, 0.2) is 5.82 Å². The number of phenols is 1. The molecule has 4 heterocycles. The van der Waals surface area contributed by atoms with Crippen LogP contribution in [0.5, 0.6) is 11.5 Å². The molecule has 10 nitrogen and oxygen atoms in total. The molecule has 0 bridgehead atoms. The Labute approximate surface area is 296 Å². The molecule has 1 saturated carbocycles. The Balaban J connectivity index is 0.910. The van der Waals surface area contributed by atoms with Crippen LogP contribution in [0.15, 0.2) is 66.7 Å². The monoisotopic (exact) mass is 690 g/mol. The largest absolute Gasteiger partial charge is 0.507 e. The van der Waals surface area contributed by atoms with Crippen molar-refractivity contribution in [2.45, 2.75) is 75.3 Å². The number of carbonyl (C=O) groups is 2. The molecule has 1 aliphatic carbocycles. The molecule has 3 fully saturated rings. The first-order valence-corrected chi connectivity index (χ1v) is 18.2. The molecule has 4 aliphatic rings. The van der Waals surface area contributed by atoms with Crippen LogP contribution in [0.2, 0.25) is 0 Å². The van der Waals surface area contributed by atoms with Crippen LogP contribution in [-0.2, 0) is 9.59 Å². The van der Waals surface area contributed by atoms with Gasteiger partial charge in [0.05, 0.1) is 17.9 Å². The normalized spacial score (nSPS) is 23.0. The van der Waals surface area contributed by atoms with Crippen LogP contribution in [0.3, 0.4) is 0 Å². The number of amides is 2. The van der Waals surface area contributed by atoms with E-state index in [0.29, 0.717) is 66.3 Å². The first-order valence-electron chi connectivity index (χ1n) is 18.2.